The zero-order chi connectivity index (χ0) is 17.9. The highest BCUT2D eigenvalue weighted by atomic mass is 19.1. The van der Waals surface area contributed by atoms with Gasteiger partial charge in [-0.1, -0.05) is 6.08 Å². The largest absolute Gasteiger partial charge is 0.496 e. The molecule has 0 radical (unpaired) electrons. The zero-order valence-corrected chi connectivity index (χ0v) is 14.5. The van der Waals surface area contributed by atoms with E-state index in [1.807, 2.05) is 13.0 Å². The zero-order valence-electron chi connectivity index (χ0n) is 14.5. The molecule has 0 unspecified atom stereocenters. The number of halogens is 1. The van der Waals surface area contributed by atoms with Gasteiger partial charge in [-0.2, -0.15) is 0 Å². The minimum Gasteiger partial charge on any atom is -0.496 e. The summed E-state index contributed by atoms with van der Waals surface area (Å²) >= 11 is 0. The molecule has 1 aromatic heterocycles. The molecular formula is C20H18FNO3. The Morgan fingerprint density at radius 1 is 1.20 bits per heavy atom. The van der Waals surface area contributed by atoms with Crippen molar-refractivity contribution in [3.63, 3.8) is 0 Å². The third-order valence-corrected chi connectivity index (χ3v) is 4.56. The lowest BCUT2D eigenvalue weighted by Gasteiger charge is -2.32. The molecule has 5 heteroatoms. The van der Waals surface area contributed by atoms with Crippen LogP contribution in [0.15, 0.2) is 39.6 Å². The van der Waals surface area contributed by atoms with Crippen molar-refractivity contribution in [2.45, 2.75) is 26.3 Å². The van der Waals surface area contributed by atoms with Crippen LogP contribution >= 0.6 is 0 Å². The van der Waals surface area contributed by atoms with Crippen molar-refractivity contribution in [1.82, 2.24) is 0 Å². The molecule has 128 valence electrons. The first kappa shape index (κ1) is 15.7. The van der Waals surface area contributed by atoms with Crippen LogP contribution in [-0.2, 0) is 0 Å². The summed E-state index contributed by atoms with van der Waals surface area (Å²) in [6.45, 7) is 6.09. The van der Waals surface area contributed by atoms with Crippen LogP contribution in [0.2, 0.25) is 0 Å². The number of hydrogen-bond donors (Lipinski definition) is 1. The van der Waals surface area contributed by atoms with E-state index in [4.69, 9.17) is 9.15 Å². The molecule has 0 bridgehead atoms. The Labute approximate surface area is 143 Å². The maximum Gasteiger partial charge on any atom is 0.345 e. The molecule has 4 rings (SSSR count). The van der Waals surface area contributed by atoms with Crippen molar-refractivity contribution in [3.8, 4) is 5.75 Å². The van der Waals surface area contributed by atoms with Gasteiger partial charge in [-0.25, -0.2) is 9.18 Å². The van der Waals surface area contributed by atoms with Crippen molar-refractivity contribution in [2.75, 3.05) is 12.4 Å². The molecule has 2 aromatic carbocycles. The van der Waals surface area contributed by atoms with Crippen LogP contribution < -0.4 is 15.7 Å². The molecule has 0 saturated heterocycles. The summed E-state index contributed by atoms with van der Waals surface area (Å²) < 4.78 is 24.5. The predicted molar refractivity (Wildman–Crippen MR) is 97.9 cm³/mol. The third kappa shape index (κ3) is 2.30. The van der Waals surface area contributed by atoms with E-state index in [0.29, 0.717) is 21.9 Å². The van der Waals surface area contributed by atoms with E-state index in [1.165, 1.54) is 12.1 Å². The second-order valence-corrected chi connectivity index (χ2v) is 6.96. The summed E-state index contributed by atoms with van der Waals surface area (Å²) in [4.78, 5) is 12.8. The Bertz CT molecular complexity index is 1130. The van der Waals surface area contributed by atoms with Gasteiger partial charge >= 0.3 is 5.63 Å². The number of hydrogen-bond acceptors (Lipinski definition) is 4. The molecule has 0 aliphatic carbocycles. The van der Waals surface area contributed by atoms with Gasteiger partial charge in [-0.05, 0) is 38.5 Å². The third-order valence-electron chi connectivity index (χ3n) is 4.56. The monoisotopic (exact) mass is 339 g/mol. The van der Waals surface area contributed by atoms with Crippen molar-refractivity contribution < 1.29 is 13.5 Å². The molecule has 1 N–H and O–H groups in total. The Morgan fingerprint density at radius 3 is 2.68 bits per heavy atom. The van der Waals surface area contributed by atoms with Crippen molar-refractivity contribution >= 4 is 33.0 Å². The van der Waals surface area contributed by atoms with Gasteiger partial charge in [0.15, 0.2) is 0 Å². The number of nitrogens with one attached hydrogen (secondary N) is 1. The summed E-state index contributed by atoms with van der Waals surface area (Å²) in [5, 5.41) is 5.16. The molecule has 1 aliphatic heterocycles. The van der Waals surface area contributed by atoms with Crippen molar-refractivity contribution in [2.24, 2.45) is 0 Å². The minimum absolute atomic E-state index is 0.210. The summed E-state index contributed by atoms with van der Waals surface area (Å²) in [6.07, 6.45) is 2.08. The number of ether oxygens (including phenoxy) is 1. The van der Waals surface area contributed by atoms with E-state index in [2.05, 4.69) is 25.2 Å². The minimum atomic E-state index is -0.502. The second-order valence-electron chi connectivity index (χ2n) is 6.96. The van der Waals surface area contributed by atoms with E-state index in [9.17, 15) is 9.18 Å². The average molecular weight is 339 g/mol. The Morgan fingerprint density at radius 2 is 1.96 bits per heavy atom. The first-order valence-corrected chi connectivity index (χ1v) is 8.06. The molecule has 0 spiro atoms. The van der Waals surface area contributed by atoms with E-state index in [1.54, 1.807) is 13.2 Å². The molecule has 0 amide bonds. The first-order valence-electron chi connectivity index (χ1n) is 8.06. The van der Waals surface area contributed by atoms with Gasteiger partial charge in [0.05, 0.1) is 18.0 Å². The van der Waals surface area contributed by atoms with Crippen LogP contribution in [0.4, 0.5) is 10.1 Å². The lowest BCUT2D eigenvalue weighted by molar-refractivity contribution is 0.420. The predicted octanol–water partition coefficient (Wildman–Crippen LogP) is 4.70. The summed E-state index contributed by atoms with van der Waals surface area (Å²) in [6, 6.07) is 6.08. The standard InChI is InChI=1S/C20H18FNO3/c1-10-9-20(2,3)22-13-8-15(24-4)17-12-6-5-11(21)7-14(12)25-19(23)18(17)16(10)13/h5-9,22H,1-4H3. The van der Waals surface area contributed by atoms with Gasteiger partial charge in [0, 0.05) is 34.2 Å². The fraction of sp³-hybridized carbons (Fsp3) is 0.250. The van der Waals surface area contributed by atoms with Gasteiger partial charge in [0.1, 0.15) is 17.1 Å². The lowest BCUT2D eigenvalue weighted by atomic mass is 9.88. The summed E-state index contributed by atoms with van der Waals surface area (Å²) in [5.41, 5.74) is 2.08. The molecule has 2 heterocycles. The fourth-order valence-corrected chi connectivity index (χ4v) is 3.73. The highest BCUT2D eigenvalue weighted by molar-refractivity contribution is 6.13. The van der Waals surface area contributed by atoms with Crippen LogP contribution in [0.3, 0.4) is 0 Å². The molecule has 0 saturated carbocycles. The van der Waals surface area contributed by atoms with E-state index >= 15 is 0 Å². The number of benzene rings is 2. The van der Waals surface area contributed by atoms with Crippen LogP contribution in [0.5, 0.6) is 5.75 Å². The van der Waals surface area contributed by atoms with E-state index in [-0.39, 0.29) is 11.1 Å². The Kier molecular flexibility index (Phi) is 3.19. The molecule has 0 fully saturated rings. The van der Waals surface area contributed by atoms with Gasteiger partial charge in [0.2, 0.25) is 0 Å². The average Bonchev–Trinajstić information content (AvgIpc) is 2.52. The van der Waals surface area contributed by atoms with Crippen molar-refractivity contribution in [3.05, 3.63) is 52.1 Å². The number of rotatable bonds is 1. The highest BCUT2D eigenvalue weighted by Gasteiger charge is 2.28. The molecule has 0 atom stereocenters. The Hall–Kier alpha value is -2.82. The SMILES string of the molecule is COc1cc2c(c3c(=O)oc4cc(F)ccc4c13)C(C)=CC(C)(C)N2. The molecule has 4 nitrogen and oxygen atoms in total. The normalized spacial score (nSPS) is 15.6. The Balaban J connectivity index is 2.25. The second kappa shape index (κ2) is 5.09. The molecule has 3 aromatic rings. The maximum absolute atomic E-state index is 13.6. The van der Waals surface area contributed by atoms with Crippen LogP contribution in [0.25, 0.3) is 27.3 Å². The summed E-state index contributed by atoms with van der Waals surface area (Å²) in [7, 11) is 1.56. The van der Waals surface area contributed by atoms with Gasteiger partial charge in [-0.3, -0.25) is 0 Å². The maximum atomic E-state index is 13.6. The topological polar surface area (TPSA) is 51.5 Å². The highest BCUT2D eigenvalue weighted by Crippen LogP contribution is 2.43. The quantitative estimate of drug-likeness (QED) is 0.516. The number of fused-ring (bicyclic) bond motifs is 5. The van der Waals surface area contributed by atoms with Gasteiger partial charge in [0.25, 0.3) is 0 Å². The van der Waals surface area contributed by atoms with Gasteiger partial charge in [-0.15, -0.1) is 0 Å². The number of allylic oxidation sites excluding steroid dienone is 1. The molecular weight excluding hydrogens is 321 g/mol. The van der Waals surface area contributed by atoms with Crippen molar-refractivity contribution in [1.29, 1.82) is 0 Å². The number of anilines is 1. The van der Waals surface area contributed by atoms with Crippen LogP contribution in [0, 0.1) is 5.82 Å². The molecule has 1 aliphatic rings. The van der Waals surface area contributed by atoms with E-state index in [0.717, 1.165) is 16.8 Å². The summed E-state index contributed by atoms with van der Waals surface area (Å²) in [5.74, 6) is 0.0997. The lowest BCUT2D eigenvalue weighted by Crippen LogP contribution is -2.32. The van der Waals surface area contributed by atoms with Crippen LogP contribution in [0.1, 0.15) is 26.3 Å². The first-order chi connectivity index (χ1) is 11.8. The number of methoxy groups -OCH3 is 1. The van der Waals surface area contributed by atoms with Gasteiger partial charge < -0.3 is 14.5 Å². The smallest absolute Gasteiger partial charge is 0.345 e. The fourth-order valence-electron chi connectivity index (χ4n) is 3.73. The molecule has 25 heavy (non-hydrogen) atoms. The van der Waals surface area contributed by atoms with E-state index < -0.39 is 11.4 Å². The van der Waals surface area contributed by atoms with Crippen LogP contribution in [-0.4, -0.2) is 12.6 Å².